The van der Waals surface area contributed by atoms with Gasteiger partial charge in [-0.1, -0.05) is 6.07 Å². The van der Waals surface area contributed by atoms with Crippen LogP contribution in [-0.4, -0.2) is 24.0 Å². The van der Waals surface area contributed by atoms with E-state index in [1.54, 1.807) is 6.20 Å². The first-order chi connectivity index (χ1) is 10.5. The van der Waals surface area contributed by atoms with Gasteiger partial charge >= 0.3 is 0 Å². The normalized spacial score (nSPS) is 10.3. The zero-order valence-electron chi connectivity index (χ0n) is 13.2. The van der Waals surface area contributed by atoms with Gasteiger partial charge in [-0.3, -0.25) is 4.79 Å². The Morgan fingerprint density at radius 1 is 1.09 bits per heavy atom. The molecule has 1 aromatic heterocycles. The molecule has 0 aliphatic heterocycles. The van der Waals surface area contributed by atoms with Crippen LogP contribution in [0.3, 0.4) is 0 Å². The van der Waals surface area contributed by atoms with Crippen LogP contribution >= 0.6 is 0 Å². The molecule has 22 heavy (non-hydrogen) atoms. The Bertz CT molecular complexity index is 682. The van der Waals surface area contributed by atoms with E-state index in [0.717, 1.165) is 16.9 Å². The number of hydrogen-bond acceptors (Lipinski definition) is 4. The van der Waals surface area contributed by atoms with Crippen LogP contribution in [0.2, 0.25) is 0 Å². The highest BCUT2D eigenvalue weighted by atomic mass is 16.1. The van der Waals surface area contributed by atoms with E-state index in [1.807, 2.05) is 45.0 Å². The predicted octanol–water partition coefficient (Wildman–Crippen LogP) is 2.43. The number of pyridine rings is 1. The molecule has 0 atom stereocenters. The maximum absolute atomic E-state index is 12.1. The van der Waals surface area contributed by atoms with Crippen LogP contribution in [0.1, 0.15) is 27.0 Å². The molecule has 0 fully saturated rings. The van der Waals surface area contributed by atoms with Gasteiger partial charge in [-0.25, -0.2) is 4.98 Å². The van der Waals surface area contributed by atoms with Gasteiger partial charge in [0.05, 0.1) is 11.9 Å². The van der Waals surface area contributed by atoms with Crippen molar-refractivity contribution in [2.75, 3.05) is 24.1 Å². The molecule has 116 valence electrons. The van der Waals surface area contributed by atoms with Crippen molar-refractivity contribution in [2.24, 2.45) is 0 Å². The largest absolute Gasteiger partial charge is 0.397 e. The Hall–Kier alpha value is -2.56. The second-order valence-electron chi connectivity index (χ2n) is 5.42. The lowest BCUT2D eigenvalue weighted by Crippen LogP contribution is -2.29. The van der Waals surface area contributed by atoms with E-state index >= 15 is 0 Å². The smallest absolute Gasteiger partial charge is 0.251 e. The molecule has 1 amide bonds. The van der Waals surface area contributed by atoms with Crippen LogP contribution in [0, 0.1) is 20.8 Å². The van der Waals surface area contributed by atoms with Crippen molar-refractivity contribution in [3.8, 4) is 0 Å². The lowest BCUT2D eigenvalue weighted by atomic mass is 10.1. The molecule has 0 saturated carbocycles. The molecule has 0 spiro atoms. The van der Waals surface area contributed by atoms with Crippen LogP contribution in [0.25, 0.3) is 0 Å². The molecular formula is C17H22N4O. The summed E-state index contributed by atoms with van der Waals surface area (Å²) in [5.74, 6) is 0.724. The second-order valence-corrected chi connectivity index (χ2v) is 5.42. The molecular weight excluding hydrogens is 276 g/mol. The minimum absolute atomic E-state index is 0.0631. The van der Waals surface area contributed by atoms with E-state index in [9.17, 15) is 4.79 Å². The third kappa shape index (κ3) is 3.97. The van der Waals surface area contributed by atoms with Crippen molar-refractivity contribution in [1.82, 2.24) is 10.3 Å². The maximum Gasteiger partial charge on any atom is 0.251 e. The van der Waals surface area contributed by atoms with Gasteiger partial charge < -0.3 is 16.4 Å². The molecule has 1 heterocycles. The fourth-order valence-electron chi connectivity index (χ4n) is 2.12. The molecule has 0 bridgehead atoms. The highest BCUT2D eigenvalue weighted by molar-refractivity contribution is 5.94. The van der Waals surface area contributed by atoms with Crippen molar-refractivity contribution >= 4 is 17.4 Å². The Labute approximate surface area is 130 Å². The SMILES string of the molecule is Cc1ccc(C(=O)NCCNc2ncc(N)cc2C)cc1C. The zero-order valence-corrected chi connectivity index (χ0v) is 13.2. The fourth-order valence-corrected chi connectivity index (χ4v) is 2.12. The van der Waals surface area contributed by atoms with Gasteiger partial charge in [0.1, 0.15) is 5.82 Å². The molecule has 0 saturated heterocycles. The molecule has 2 aromatic rings. The summed E-state index contributed by atoms with van der Waals surface area (Å²) >= 11 is 0. The predicted molar refractivity (Wildman–Crippen MR) is 90.1 cm³/mol. The summed E-state index contributed by atoms with van der Waals surface area (Å²) in [6.45, 7) is 7.11. The molecule has 0 unspecified atom stereocenters. The van der Waals surface area contributed by atoms with Crippen molar-refractivity contribution in [3.05, 3.63) is 52.7 Å². The Morgan fingerprint density at radius 3 is 2.55 bits per heavy atom. The number of aryl methyl sites for hydroxylation is 3. The number of aromatic nitrogens is 1. The number of hydrogen-bond donors (Lipinski definition) is 3. The van der Waals surface area contributed by atoms with Gasteiger partial charge in [-0.2, -0.15) is 0 Å². The first-order valence-corrected chi connectivity index (χ1v) is 7.29. The molecule has 0 aliphatic carbocycles. The van der Waals surface area contributed by atoms with E-state index < -0.39 is 0 Å². The average Bonchev–Trinajstić information content (AvgIpc) is 2.48. The molecule has 0 radical (unpaired) electrons. The fraction of sp³-hybridized carbons (Fsp3) is 0.294. The highest BCUT2D eigenvalue weighted by Gasteiger charge is 2.06. The van der Waals surface area contributed by atoms with Gasteiger partial charge in [-0.15, -0.1) is 0 Å². The topological polar surface area (TPSA) is 80.0 Å². The first-order valence-electron chi connectivity index (χ1n) is 7.29. The number of benzene rings is 1. The highest BCUT2D eigenvalue weighted by Crippen LogP contribution is 2.13. The number of anilines is 2. The van der Waals surface area contributed by atoms with Crippen LogP contribution in [0.15, 0.2) is 30.5 Å². The minimum atomic E-state index is -0.0631. The number of carbonyl (C=O) groups is 1. The molecule has 1 aromatic carbocycles. The summed E-state index contributed by atoms with van der Waals surface area (Å²) in [7, 11) is 0. The van der Waals surface area contributed by atoms with E-state index in [-0.39, 0.29) is 5.91 Å². The van der Waals surface area contributed by atoms with Crippen molar-refractivity contribution in [3.63, 3.8) is 0 Å². The van der Waals surface area contributed by atoms with Crippen LogP contribution in [0.4, 0.5) is 11.5 Å². The summed E-state index contributed by atoms with van der Waals surface area (Å²) in [4.78, 5) is 16.3. The summed E-state index contributed by atoms with van der Waals surface area (Å²) in [5.41, 5.74) is 10.3. The van der Waals surface area contributed by atoms with E-state index in [4.69, 9.17) is 5.73 Å². The summed E-state index contributed by atoms with van der Waals surface area (Å²) in [6, 6.07) is 7.58. The van der Waals surface area contributed by atoms with E-state index in [2.05, 4.69) is 15.6 Å². The average molecular weight is 298 g/mol. The lowest BCUT2D eigenvalue weighted by Gasteiger charge is -2.10. The number of nitrogen functional groups attached to an aromatic ring is 1. The van der Waals surface area contributed by atoms with Gasteiger partial charge in [0.25, 0.3) is 5.91 Å². The summed E-state index contributed by atoms with van der Waals surface area (Å²) in [6.07, 6.45) is 1.61. The van der Waals surface area contributed by atoms with Gasteiger partial charge in [0, 0.05) is 18.7 Å². The van der Waals surface area contributed by atoms with Gasteiger partial charge in [0.15, 0.2) is 0 Å². The Morgan fingerprint density at radius 2 is 1.86 bits per heavy atom. The Kier molecular flexibility index (Phi) is 4.99. The van der Waals surface area contributed by atoms with E-state index in [0.29, 0.717) is 24.3 Å². The molecule has 0 aliphatic rings. The molecule has 5 heteroatoms. The quantitative estimate of drug-likeness (QED) is 0.741. The second kappa shape index (κ2) is 6.93. The number of rotatable bonds is 5. The molecule has 5 nitrogen and oxygen atoms in total. The van der Waals surface area contributed by atoms with Crippen molar-refractivity contribution < 1.29 is 4.79 Å². The summed E-state index contributed by atoms with van der Waals surface area (Å²) in [5, 5.41) is 6.08. The number of nitrogens with zero attached hydrogens (tertiary/aromatic N) is 1. The monoisotopic (exact) mass is 298 g/mol. The first kappa shape index (κ1) is 15.8. The molecule has 4 N–H and O–H groups in total. The number of nitrogens with one attached hydrogen (secondary N) is 2. The van der Waals surface area contributed by atoms with Crippen LogP contribution in [0.5, 0.6) is 0 Å². The Balaban J connectivity index is 1.83. The minimum Gasteiger partial charge on any atom is -0.397 e. The zero-order chi connectivity index (χ0) is 16.1. The third-order valence-corrected chi connectivity index (χ3v) is 3.57. The standard InChI is InChI=1S/C17H22N4O/c1-11-4-5-14(8-12(11)2)17(22)20-7-6-19-16-13(3)9-15(18)10-21-16/h4-5,8-10H,6-7,18H2,1-3H3,(H,19,21)(H,20,22). The third-order valence-electron chi connectivity index (χ3n) is 3.57. The molecule has 2 rings (SSSR count). The van der Waals surface area contributed by atoms with Crippen LogP contribution in [-0.2, 0) is 0 Å². The van der Waals surface area contributed by atoms with Gasteiger partial charge in [0.2, 0.25) is 0 Å². The van der Waals surface area contributed by atoms with Gasteiger partial charge in [-0.05, 0) is 55.7 Å². The van der Waals surface area contributed by atoms with Crippen molar-refractivity contribution in [2.45, 2.75) is 20.8 Å². The van der Waals surface area contributed by atoms with Crippen molar-refractivity contribution in [1.29, 1.82) is 0 Å². The maximum atomic E-state index is 12.1. The number of carbonyl (C=O) groups excluding carboxylic acids is 1. The summed E-state index contributed by atoms with van der Waals surface area (Å²) < 4.78 is 0. The number of nitrogens with two attached hydrogens (primary N) is 1. The lowest BCUT2D eigenvalue weighted by molar-refractivity contribution is 0.0955. The number of amides is 1. The van der Waals surface area contributed by atoms with Crippen LogP contribution < -0.4 is 16.4 Å². The van der Waals surface area contributed by atoms with E-state index in [1.165, 1.54) is 5.56 Å².